The number of nitrogens with zero attached hydrogens (tertiary/aromatic N) is 2. The second-order valence-electron chi connectivity index (χ2n) is 5.76. The molecular weight excluding hydrogens is 234 g/mol. The third-order valence-corrected chi connectivity index (χ3v) is 4.22. The highest BCUT2D eigenvalue weighted by Gasteiger charge is 2.33. The number of nitrogen functional groups attached to an aromatic ring is 1. The lowest BCUT2D eigenvalue weighted by Gasteiger charge is -2.10. The van der Waals surface area contributed by atoms with Crippen molar-refractivity contribution in [1.29, 1.82) is 0 Å². The van der Waals surface area contributed by atoms with E-state index in [9.17, 15) is 0 Å². The van der Waals surface area contributed by atoms with E-state index in [4.69, 9.17) is 5.73 Å². The topological polar surface area (TPSA) is 43.8 Å². The van der Waals surface area contributed by atoms with Gasteiger partial charge in [-0.05, 0) is 31.2 Å². The van der Waals surface area contributed by atoms with E-state index in [0.29, 0.717) is 5.92 Å². The maximum absolute atomic E-state index is 6.23. The minimum atomic E-state index is 0.500. The molecule has 3 nitrogen and oxygen atoms in total. The predicted molar refractivity (Wildman–Crippen MR) is 78.9 cm³/mol. The molecule has 0 saturated heterocycles. The standard InChI is InChI=1S/C16H21N3/c1-10-4-6-13(7-5-10)14-15(11(2)12-8-9-12)18-19(3)16(14)17/h4-7,11-12H,8-9,17H2,1-3H3. The zero-order valence-corrected chi connectivity index (χ0v) is 11.9. The van der Waals surface area contributed by atoms with Gasteiger partial charge in [0, 0.05) is 18.5 Å². The molecule has 1 aromatic heterocycles. The first-order valence-electron chi connectivity index (χ1n) is 6.97. The molecule has 0 radical (unpaired) electrons. The fraction of sp³-hybridized carbons (Fsp3) is 0.438. The van der Waals surface area contributed by atoms with Crippen LogP contribution in [0.3, 0.4) is 0 Å². The Labute approximate surface area is 114 Å². The predicted octanol–water partition coefficient (Wildman–Crippen LogP) is 3.49. The molecule has 2 N–H and O–H groups in total. The zero-order valence-electron chi connectivity index (χ0n) is 11.9. The molecule has 0 amide bonds. The first kappa shape index (κ1) is 12.3. The van der Waals surface area contributed by atoms with E-state index in [2.05, 4.69) is 43.2 Å². The molecule has 0 bridgehead atoms. The van der Waals surface area contributed by atoms with Crippen molar-refractivity contribution >= 4 is 5.82 Å². The molecule has 1 unspecified atom stereocenters. The summed E-state index contributed by atoms with van der Waals surface area (Å²) in [4.78, 5) is 0. The van der Waals surface area contributed by atoms with Crippen LogP contribution in [0.4, 0.5) is 5.82 Å². The summed E-state index contributed by atoms with van der Waals surface area (Å²) in [6.07, 6.45) is 2.65. The van der Waals surface area contributed by atoms with Gasteiger partial charge in [-0.15, -0.1) is 0 Å². The normalized spacial score (nSPS) is 16.6. The highest BCUT2D eigenvalue weighted by Crippen LogP contribution is 2.45. The summed E-state index contributed by atoms with van der Waals surface area (Å²) in [7, 11) is 1.93. The molecule has 1 saturated carbocycles. The first-order chi connectivity index (χ1) is 9.08. The van der Waals surface area contributed by atoms with Crippen LogP contribution in [0.2, 0.25) is 0 Å². The molecule has 100 valence electrons. The Morgan fingerprint density at radius 3 is 2.47 bits per heavy atom. The number of anilines is 1. The second-order valence-corrected chi connectivity index (χ2v) is 5.76. The molecule has 1 aromatic carbocycles. The monoisotopic (exact) mass is 255 g/mol. The Bertz CT molecular complexity index is 591. The summed E-state index contributed by atoms with van der Waals surface area (Å²) in [5.41, 5.74) is 11.0. The molecule has 1 fully saturated rings. The summed E-state index contributed by atoms with van der Waals surface area (Å²) in [5.74, 6) is 2.06. The lowest BCUT2D eigenvalue weighted by Crippen LogP contribution is -2.00. The van der Waals surface area contributed by atoms with Crippen molar-refractivity contribution in [2.45, 2.75) is 32.6 Å². The maximum atomic E-state index is 6.23. The lowest BCUT2D eigenvalue weighted by molar-refractivity contribution is 0.622. The van der Waals surface area contributed by atoms with Crippen LogP contribution in [-0.2, 0) is 7.05 Å². The molecule has 1 atom stereocenters. The second kappa shape index (κ2) is 4.41. The Morgan fingerprint density at radius 2 is 1.89 bits per heavy atom. The van der Waals surface area contributed by atoms with Gasteiger partial charge in [0.05, 0.1) is 5.69 Å². The average Bonchev–Trinajstić information content (AvgIpc) is 3.19. The quantitative estimate of drug-likeness (QED) is 0.912. The van der Waals surface area contributed by atoms with Crippen molar-refractivity contribution in [2.24, 2.45) is 13.0 Å². The summed E-state index contributed by atoms with van der Waals surface area (Å²) in [6.45, 7) is 4.38. The van der Waals surface area contributed by atoms with Gasteiger partial charge in [-0.25, -0.2) is 0 Å². The summed E-state index contributed by atoms with van der Waals surface area (Å²) < 4.78 is 1.81. The van der Waals surface area contributed by atoms with Crippen LogP contribution in [0.25, 0.3) is 11.1 Å². The number of aromatic nitrogens is 2. The summed E-state index contributed by atoms with van der Waals surface area (Å²) >= 11 is 0. The third kappa shape index (κ3) is 2.14. The van der Waals surface area contributed by atoms with Crippen molar-refractivity contribution in [3.8, 4) is 11.1 Å². The van der Waals surface area contributed by atoms with Crippen molar-refractivity contribution < 1.29 is 0 Å². The van der Waals surface area contributed by atoms with Gasteiger partial charge in [0.15, 0.2) is 0 Å². The van der Waals surface area contributed by atoms with Gasteiger partial charge in [0.2, 0.25) is 0 Å². The smallest absolute Gasteiger partial charge is 0.129 e. The minimum absolute atomic E-state index is 0.500. The van der Waals surface area contributed by atoms with Crippen LogP contribution < -0.4 is 5.73 Å². The highest BCUT2D eigenvalue weighted by molar-refractivity contribution is 5.77. The van der Waals surface area contributed by atoms with Crippen LogP contribution >= 0.6 is 0 Å². The molecule has 19 heavy (non-hydrogen) atoms. The minimum Gasteiger partial charge on any atom is -0.383 e. The van der Waals surface area contributed by atoms with E-state index >= 15 is 0 Å². The number of hydrogen-bond donors (Lipinski definition) is 1. The zero-order chi connectivity index (χ0) is 13.6. The molecule has 1 aliphatic rings. The summed E-state index contributed by atoms with van der Waals surface area (Å²) in [6, 6.07) is 8.55. The van der Waals surface area contributed by atoms with Gasteiger partial charge in [-0.2, -0.15) is 5.10 Å². The average molecular weight is 255 g/mol. The van der Waals surface area contributed by atoms with E-state index < -0.39 is 0 Å². The molecule has 1 aliphatic carbocycles. The highest BCUT2D eigenvalue weighted by atomic mass is 15.3. The number of nitrogens with two attached hydrogens (primary N) is 1. The van der Waals surface area contributed by atoms with Crippen molar-refractivity contribution in [3.05, 3.63) is 35.5 Å². The fourth-order valence-corrected chi connectivity index (χ4v) is 2.71. The molecule has 1 heterocycles. The lowest BCUT2D eigenvalue weighted by atomic mass is 9.94. The Hall–Kier alpha value is -1.77. The Balaban J connectivity index is 2.10. The van der Waals surface area contributed by atoms with E-state index in [0.717, 1.165) is 23.0 Å². The molecule has 0 aliphatic heterocycles. The van der Waals surface area contributed by atoms with Crippen LogP contribution in [0.15, 0.2) is 24.3 Å². The van der Waals surface area contributed by atoms with Crippen molar-refractivity contribution in [2.75, 3.05) is 5.73 Å². The van der Waals surface area contributed by atoms with Crippen LogP contribution in [-0.4, -0.2) is 9.78 Å². The first-order valence-corrected chi connectivity index (χ1v) is 6.97. The van der Waals surface area contributed by atoms with Crippen molar-refractivity contribution in [1.82, 2.24) is 9.78 Å². The number of hydrogen-bond acceptors (Lipinski definition) is 2. The van der Waals surface area contributed by atoms with Gasteiger partial charge in [-0.3, -0.25) is 4.68 Å². The van der Waals surface area contributed by atoms with Gasteiger partial charge in [0.25, 0.3) is 0 Å². The number of rotatable bonds is 3. The van der Waals surface area contributed by atoms with Crippen LogP contribution in [0.5, 0.6) is 0 Å². The van der Waals surface area contributed by atoms with E-state index in [1.165, 1.54) is 24.0 Å². The molecule has 2 aromatic rings. The molecular formula is C16H21N3. The number of benzene rings is 1. The Kier molecular flexibility index (Phi) is 2.85. The summed E-state index contributed by atoms with van der Waals surface area (Å²) in [5, 5.41) is 4.66. The maximum Gasteiger partial charge on any atom is 0.129 e. The van der Waals surface area contributed by atoms with Crippen molar-refractivity contribution in [3.63, 3.8) is 0 Å². The van der Waals surface area contributed by atoms with E-state index in [1.54, 1.807) is 0 Å². The van der Waals surface area contributed by atoms with Gasteiger partial charge < -0.3 is 5.73 Å². The number of aryl methyl sites for hydroxylation is 2. The van der Waals surface area contributed by atoms with Gasteiger partial charge in [-0.1, -0.05) is 36.8 Å². The van der Waals surface area contributed by atoms with Crippen LogP contribution in [0.1, 0.15) is 36.9 Å². The van der Waals surface area contributed by atoms with Crippen LogP contribution in [0, 0.1) is 12.8 Å². The molecule has 0 spiro atoms. The van der Waals surface area contributed by atoms with Gasteiger partial charge >= 0.3 is 0 Å². The van der Waals surface area contributed by atoms with E-state index in [-0.39, 0.29) is 0 Å². The fourth-order valence-electron chi connectivity index (χ4n) is 2.71. The van der Waals surface area contributed by atoms with Gasteiger partial charge in [0.1, 0.15) is 5.82 Å². The molecule has 3 rings (SSSR count). The molecule has 3 heteroatoms. The SMILES string of the molecule is Cc1ccc(-c2c(C(C)C3CC3)nn(C)c2N)cc1. The Morgan fingerprint density at radius 1 is 1.26 bits per heavy atom. The van der Waals surface area contributed by atoms with E-state index in [1.807, 2.05) is 11.7 Å². The third-order valence-electron chi connectivity index (χ3n) is 4.22. The largest absolute Gasteiger partial charge is 0.383 e.